The molecule has 0 aromatic heterocycles. The minimum absolute atomic E-state index is 0.0219. The molecule has 9 heteroatoms. The van der Waals surface area contributed by atoms with E-state index in [-0.39, 0.29) is 24.5 Å². The number of anilines is 1. The topological polar surface area (TPSA) is 138 Å². The maximum atomic E-state index is 12.7. The molecule has 0 spiro atoms. The van der Waals surface area contributed by atoms with E-state index in [9.17, 15) is 14.7 Å². The van der Waals surface area contributed by atoms with Crippen LogP contribution in [-0.4, -0.2) is 60.1 Å². The number of carbonyl (C=O) groups excluding carboxylic acids is 1. The number of rotatable bonds is 12. The summed E-state index contributed by atoms with van der Waals surface area (Å²) in [4.78, 5) is 26.6. The first-order valence-corrected chi connectivity index (χ1v) is 12.9. The fraction of sp³-hybridized carbons (Fsp3) is 0.464. The van der Waals surface area contributed by atoms with Crippen LogP contribution in [0.15, 0.2) is 42.5 Å². The minimum Gasteiger partial charge on any atom is -0.490 e. The Labute approximate surface area is 218 Å². The number of nitrogens with two attached hydrogens (primary N) is 1. The number of hydrogen-bond donors (Lipinski definition) is 4. The average Bonchev–Trinajstić information content (AvgIpc) is 2.88. The van der Waals surface area contributed by atoms with E-state index in [1.165, 1.54) is 0 Å². The molecule has 1 unspecified atom stereocenters. The first-order chi connectivity index (χ1) is 17.7. The van der Waals surface area contributed by atoms with Crippen molar-refractivity contribution in [2.75, 3.05) is 31.6 Å². The quantitative estimate of drug-likeness (QED) is 0.192. The molecule has 3 rings (SSSR count). The summed E-state index contributed by atoms with van der Waals surface area (Å²) in [5.74, 6) is -0.603. The Bertz CT molecular complexity index is 1100. The molecule has 0 aliphatic carbocycles. The van der Waals surface area contributed by atoms with Crippen LogP contribution in [0.4, 0.5) is 5.69 Å². The van der Waals surface area contributed by atoms with Crippen LogP contribution in [0.3, 0.4) is 0 Å². The van der Waals surface area contributed by atoms with Crippen molar-refractivity contribution in [3.63, 3.8) is 0 Å². The summed E-state index contributed by atoms with van der Waals surface area (Å²) in [6.45, 7) is 7.79. The highest BCUT2D eigenvalue weighted by Crippen LogP contribution is 2.34. The molecular formula is C28H38N4O5. The molecule has 5 N–H and O–H groups in total. The number of aryl methyl sites for hydroxylation is 1. The van der Waals surface area contributed by atoms with Gasteiger partial charge in [0.2, 0.25) is 0 Å². The van der Waals surface area contributed by atoms with Crippen molar-refractivity contribution in [3.8, 4) is 5.75 Å². The van der Waals surface area contributed by atoms with Crippen LogP contribution in [0.5, 0.6) is 5.75 Å². The van der Waals surface area contributed by atoms with Crippen LogP contribution in [0, 0.1) is 5.41 Å². The molecule has 9 nitrogen and oxygen atoms in total. The molecular weight excluding hydrogens is 472 g/mol. The van der Waals surface area contributed by atoms with E-state index in [0.29, 0.717) is 35.6 Å². The number of carboxylic acids is 1. The van der Waals surface area contributed by atoms with Crippen molar-refractivity contribution in [2.24, 2.45) is 5.73 Å². The number of benzene rings is 2. The highest BCUT2D eigenvalue weighted by Gasteiger charge is 2.39. The summed E-state index contributed by atoms with van der Waals surface area (Å²) in [5.41, 5.74) is 6.98. The zero-order valence-corrected chi connectivity index (χ0v) is 21.9. The second-order valence-electron chi connectivity index (χ2n) is 9.30. The van der Waals surface area contributed by atoms with Gasteiger partial charge in [-0.15, -0.1) is 0 Å². The van der Waals surface area contributed by atoms with Gasteiger partial charge in [0.25, 0.3) is 0 Å². The predicted molar refractivity (Wildman–Crippen MR) is 143 cm³/mol. The number of nitrogen functional groups attached to an aromatic ring is 1. The zero-order valence-electron chi connectivity index (χ0n) is 21.9. The molecule has 1 heterocycles. The smallest absolute Gasteiger partial charge is 0.334 e. The van der Waals surface area contributed by atoms with Gasteiger partial charge in [-0.1, -0.05) is 19.9 Å². The second-order valence-corrected chi connectivity index (χ2v) is 9.30. The first kappa shape index (κ1) is 28.0. The number of piperidine rings is 1. The van der Waals surface area contributed by atoms with E-state index in [1.54, 1.807) is 31.2 Å². The van der Waals surface area contributed by atoms with Crippen molar-refractivity contribution in [2.45, 2.75) is 58.1 Å². The fourth-order valence-electron chi connectivity index (χ4n) is 4.62. The number of nitrogens with zero attached hydrogens (tertiary/aromatic N) is 1. The Morgan fingerprint density at radius 2 is 1.81 bits per heavy atom. The summed E-state index contributed by atoms with van der Waals surface area (Å²) >= 11 is 0. The molecule has 1 fully saturated rings. The summed E-state index contributed by atoms with van der Waals surface area (Å²) in [6, 6.07) is 12.6. The lowest BCUT2D eigenvalue weighted by molar-refractivity contribution is -0.145. The van der Waals surface area contributed by atoms with Gasteiger partial charge in [-0.05, 0) is 80.1 Å². The maximum Gasteiger partial charge on any atom is 0.334 e. The SMILES string of the molecule is CCOC(=O)CN1CCC(Oc2cc(CC)cc(C(CC)(Nc3ccc(C(=N)N)cc3)C(=O)O)c2)CC1. The Morgan fingerprint density at radius 3 is 2.35 bits per heavy atom. The largest absolute Gasteiger partial charge is 0.490 e. The van der Waals surface area contributed by atoms with E-state index in [1.807, 2.05) is 32.0 Å². The van der Waals surface area contributed by atoms with Gasteiger partial charge in [-0.25, -0.2) is 4.79 Å². The van der Waals surface area contributed by atoms with Crippen molar-refractivity contribution in [1.29, 1.82) is 5.41 Å². The van der Waals surface area contributed by atoms with Crippen LogP contribution in [0.25, 0.3) is 0 Å². The zero-order chi connectivity index (χ0) is 27.0. The molecule has 0 radical (unpaired) electrons. The van der Waals surface area contributed by atoms with Gasteiger partial charge in [-0.3, -0.25) is 15.1 Å². The van der Waals surface area contributed by atoms with Crippen molar-refractivity contribution < 1.29 is 24.2 Å². The Morgan fingerprint density at radius 1 is 1.14 bits per heavy atom. The Balaban J connectivity index is 1.81. The lowest BCUT2D eigenvalue weighted by Crippen LogP contribution is -2.43. The first-order valence-electron chi connectivity index (χ1n) is 12.9. The highest BCUT2D eigenvalue weighted by atomic mass is 16.5. The third-order valence-electron chi connectivity index (χ3n) is 6.81. The molecule has 0 bridgehead atoms. The summed E-state index contributed by atoms with van der Waals surface area (Å²) in [7, 11) is 0. The number of ether oxygens (including phenoxy) is 2. The number of amidine groups is 1. The van der Waals surface area contributed by atoms with Gasteiger partial charge in [-0.2, -0.15) is 0 Å². The number of likely N-dealkylation sites (tertiary alicyclic amines) is 1. The predicted octanol–water partition coefficient (Wildman–Crippen LogP) is 3.74. The lowest BCUT2D eigenvalue weighted by atomic mass is 9.85. The van der Waals surface area contributed by atoms with Crippen LogP contribution < -0.4 is 15.8 Å². The number of carboxylic acid groups (broad SMARTS) is 1. The normalized spacial score (nSPS) is 16.0. The van der Waals surface area contributed by atoms with Crippen molar-refractivity contribution in [1.82, 2.24) is 4.90 Å². The highest BCUT2D eigenvalue weighted by molar-refractivity contribution is 5.95. The number of esters is 1. The second kappa shape index (κ2) is 12.6. The standard InChI is InChI=1S/C28H38N4O5/c1-4-19-15-21(28(5-2,27(34)35)31-22-9-7-20(8-10-22)26(29)30)17-24(16-19)37-23-11-13-32(14-12-23)18-25(33)36-6-3/h7-10,15-17,23,31H,4-6,11-14,18H2,1-3H3,(H3,29,30)(H,34,35). The van der Waals surface area contributed by atoms with Gasteiger partial charge >= 0.3 is 11.9 Å². The molecule has 2 aromatic rings. The van der Waals surface area contributed by atoms with Crippen molar-refractivity contribution in [3.05, 3.63) is 59.2 Å². The van der Waals surface area contributed by atoms with E-state index in [4.69, 9.17) is 20.6 Å². The fourth-order valence-corrected chi connectivity index (χ4v) is 4.62. The maximum absolute atomic E-state index is 12.7. The summed E-state index contributed by atoms with van der Waals surface area (Å²) in [5, 5.41) is 21.2. The summed E-state index contributed by atoms with van der Waals surface area (Å²) in [6.07, 6.45) is 2.55. The summed E-state index contributed by atoms with van der Waals surface area (Å²) < 4.78 is 11.4. The van der Waals surface area contributed by atoms with E-state index in [0.717, 1.165) is 37.9 Å². The van der Waals surface area contributed by atoms with Crippen molar-refractivity contribution >= 4 is 23.5 Å². The van der Waals surface area contributed by atoms with Gasteiger partial charge in [0.1, 0.15) is 17.7 Å². The van der Waals surface area contributed by atoms with Gasteiger partial charge in [0.05, 0.1) is 13.2 Å². The third-order valence-corrected chi connectivity index (χ3v) is 6.81. The van der Waals surface area contributed by atoms with Crippen LogP contribution >= 0.6 is 0 Å². The Kier molecular flexibility index (Phi) is 9.52. The number of hydrogen-bond acceptors (Lipinski definition) is 7. The van der Waals surface area contributed by atoms with Crippen LogP contribution in [0.2, 0.25) is 0 Å². The molecule has 200 valence electrons. The molecule has 37 heavy (non-hydrogen) atoms. The van der Waals surface area contributed by atoms with E-state index in [2.05, 4.69) is 10.2 Å². The molecule has 0 saturated carbocycles. The Hall–Kier alpha value is -3.59. The number of aliphatic carboxylic acids is 1. The molecule has 1 atom stereocenters. The lowest BCUT2D eigenvalue weighted by Gasteiger charge is -2.33. The molecule has 0 amide bonds. The third kappa shape index (κ3) is 7.01. The van der Waals surface area contributed by atoms with Gasteiger partial charge in [0.15, 0.2) is 5.54 Å². The molecule has 1 saturated heterocycles. The number of nitrogens with one attached hydrogen (secondary N) is 2. The molecule has 2 aromatic carbocycles. The molecule has 1 aliphatic rings. The molecule has 1 aliphatic heterocycles. The average molecular weight is 511 g/mol. The van der Waals surface area contributed by atoms with Crippen LogP contribution in [-0.2, 0) is 26.3 Å². The van der Waals surface area contributed by atoms with Gasteiger partial charge in [0, 0.05) is 24.3 Å². The van der Waals surface area contributed by atoms with E-state index >= 15 is 0 Å². The van der Waals surface area contributed by atoms with Crippen LogP contribution in [0.1, 0.15) is 56.7 Å². The van der Waals surface area contributed by atoms with Gasteiger partial charge < -0.3 is 25.6 Å². The minimum atomic E-state index is -1.37. The van der Waals surface area contributed by atoms with E-state index < -0.39 is 11.5 Å². The number of carbonyl (C=O) groups is 2. The monoisotopic (exact) mass is 510 g/mol.